The number of likely N-dealkylation sites (N-methyl/N-ethyl adjacent to an activating group) is 1. The van der Waals surface area contributed by atoms with Crippen LogP contribution in [0.5, 0.6) is 0 Å². The van der Waals surface area contributed by atoms with Crippen LogP contribution in [0.2, 0.25) is 0 Å². The van der Waals surface area contributed by atoms with Gasteiger partial charge in [-0.15, -0.1) is 11.3 Å². The first-order valence-electron chi connectivity index (χ1n) is 5.18. The molecule has 0 atom stereocenters. The van der Waals surface area contributed by atoms with E-state index in [9.17, 15) is 9.90 Å². The van der Waals surface area contributed by atoms with Gasteiger partial charge in [0.25, 0.3) is 5.91 Å². The smallest absolute Gasteiger partial charge is 0.294 e. The molecule has 0 fully saturated rings. The number of hydrazine groups is 1. The van der Waals surface area contributed by atoms with Crippen molar-refractivity contribution in [3.05, 3.63) is 16.1 Å². The Morgan fingerprint density at radius 2 is 2.35 bits per heavy atom. The molecule has 6 nitrogen and oxygen atoms in total. The number of amides is 1. The lowest BCUT2D eigenvalue weighted by atomic mass is 10.1. The number of carbonyl (C=O) groups excluding carboxylic acids is 1. The van der Waals surface area contributed by atoms with Gasteiger partial charge in [-0.3, -0.25) is 15.1 Å². The van der Waals surface area contributed by atoms with Crippen LogP contribution >= 0.6 is 11.3 Å². The van der Waals surface area contributed by atoms with Crippen molar-refractivity contribution in [3.63, 3.8) is 0 Å². The lowest BCUT2D eigenvalue weighted by Crippen LogP contribution is -2.43. The molecule has 0 aliphatic carbocycles. The van der Waals surface area contributed by atoms with Crippen LogP contribution in [-0.4, -0.2) is 40.1 Å². The first kappa shape index (κ1) is 14.0. The Kier molecular flexibility index (Phi) is 4.58. The highest BCUT2D eigenvalue weighted by molar-refractivity contribution is 7.11. The molecule has 0 aromatic carbocycles. The number of nitrogen functional groups attached to an aromatic ring is 1. The summed E-state index contributed by atoms with van der Waals surface area (Å²) in [5.41, 5.74) is 2.51. The first-order valence-corrected chi connectivity index (χ1v) is 6.06. The molecule has 4 N–H and O–H groups in total. The molecule has 1 rings (SSSR count). The number of thiazole rings is 1. The monoisotopic (exact) mass is 258 g/mol. The van der Waals surface area contributed by atoms with Gasteiger partial charge < -0.3 is 5.11 Å². The molecule has 96 valence electrons. The molecule has 1 heterocycles. The summed E-state index contributed by atoms with van der Waals surface area (Å²) < 4.78 is 0. The second-order valence-corrected chi connectivity index (χ2v) is 5.30. The van der Waals surface area contributed by atoms with E-state index in [0.29, 0.717) is 11.6 Å². The number of nitrogens with two attached hydrogens (primary N) is 1. The number of nitrogens with zero attached hydrogens (tertiary/aromatic N) is 2. The Bertz CT molecular complexity index is 391. The van der Waals surface area contributed by atoms with Gasteiger partial charge in [-0.25, -0.2) is 10.8 Å². The molecule has 1 aromatic heterocycles. The number of aliphatic hydroxyl groups is 1. The zero-order valence-electron chi connectivity index (χ0n) is 10.2. The molecule has 7 heteroatoms. The Labute approximate surface area is 104 Å². The van der Waals surface area contributed by atoms with Gasteiger partial charge in [0.1, 0.15) is 0 Å². The number of aliphatic hydroxyl groups excluding tert-OH is 1. The van der Waals surface area contributed by atoms with E-state index in [1.807, 2.05) is 36.6 Å². The van der Waals surface area contributed by atoms with Gasteiger partial charge in [0.2, 0.25) is 0 Å². The molecule has 0 unspecified atom stereocenters. The standard InChI is InChI=1S/C10H18N4O2S/c1-10(2,6-15)14(3)4-7-5-17-9(12-7)8(16)13-11/h5,15H,4,6,11H2,1-3H3,(H,13,16). The minimum Gasteiger partial charge on any atom is -0.394 e. The van der Waals surface area contributed by atoms with E-state index in [-0.39, 0.29) is 18.1 Å². The van der Waals surface area contributed by atoms with Gasteiger partial charge >= 0.3 is 0 Å². The maximum Gasteiger partial charge on any atom is 0.294 e. The highest BCUT2D eigenvalue weighted by atomic mass is 32.1. The van der Waals surface area contributed by atoms with Crippen molar-refractivity contribution in [2.45, 2.75) is 25.9 Å². The number of hydrogen-bond acceptors (Lipinski definition) is 6. The molecule has 0 bridgehead atoms. The average molecular weight is 258 g/mol. The number of rotatable bonds is 5. The maximum atomic E-state index is 11.2. The van der Waals surface area contributed by atoms with Gasteiger partial charge in [0.15, 0.2) is 5.01 Å². The van der Waals surface area contributed by atoms with Gasteiger partial charge in [-0.1, -0.05) is 0 Å². The third-order valence-electron chi connectivity index (χ3n) is 2.70. The predicted molar refractivity (Wildman–Crippen MR) is 66.4 cm³/mol. The summed E-state index contributed by atoms with van der Waals surface area (Å²) in [6.45, 7) is 4.51. The number of carbonyl (C=O) groups is 1. The van der Waals surface area contributed by atoms with Crippen molar-refractivity contribution in [2.75, 3.05) is 13.7 Å². The van der Waals surface area contributed by atoms with Crippen LogP contribution in [0, 0.1) is 0 Å². The van der Waals surface area contributed by atoms with Crippen molar-refractivity contribution in [1.29, 1.82) is 0 Å². The maximum absolute atomic E-state index is 11.2. The summed E-state index contributed by atoms with van der Waals surface area (Å²) >= 11 is 1.25. The first-order chi connectivity index (χ1) is 7.90. The minimum atomic E-state index is -0.384. The number of hydrogen-bond donors (Lipinski definition) is 3. The zero-order valence-corrected chi connectivity index (χ0v) is 11.0. The molecular weight excluding hydrogens is 240 g/mol. The molecule has 0 aliphatic heterocycles. The van der Waals surface area contributed by atoms with Crippen molar-refractivity contribution in [1.82, 2.24) is 15.3 Å². The van der Waals surface area contributed by atoms with E-state index < -0.39 is 0 Å². The number of nitrogens with one attached hydrogen (secondary N) is 1. The van der Waals surface area contributed by atoms with Crippen LogP contribution in [-0.2, 0) is 6.54 Å². The highest BCUT2D eigenvalue weighted by Crippen LogP contribution is 2.17. The van der Waals surface area contributed by atoms with Gasteiger partial charge in [-0.05, 0) is 20.9 Å². The Morgan fingerprint density at radius 3 is 2.88 bits per heavy atom. The van der Waals surface area contributed by atoms with Crippen LogP contribution in [0.15, 0.2) is 5.38 Å². The third-order valence-corrected chi connectivity index (χ3v) is 3.59. The highest BCUT2D eigenvalue weighted by Gasteiger charge is 2.23. The Morgan fingerprint density at radius 1 is 1.71 bits per heavy atom. The zero-order chi connectivity index (χ0) is 13.1. The number of aromatic nitrogens is 1. The van der Waals surface area contributed by atoms with E-state index in [1.165, 1.54) is 11.3 Å². The molecule has 0 saturated heterocycles. The lowest BCUT2D eigenvalue weighted by molar-refractivity contribution is 0.0725. The fraction of sp³-hybridized carbons (Fsp3) is 0.600. The fourth-order valence-electron chi connectivity index (χ4n) is 1.12. The van der Waals surface area contributed by atoms with Crippen molar-refractivity contribution >= 4 is 17.2 Å². The molecule has 1 aromatic rings. The van der Waals surface area contributed by atoms with Crippen LogP contribution in [0.25, 0.3) is 0 Å². The van der Waals surface area contributed by atoms with Gasteiger partial charge in [0.05, 0.1) is 12.3 Å². The third kappa shape index (κ3) is 3.47. The van der Waals surface area contributed by atoms with E-state index in [4.69, 9.17) is 5.84 Å². The second-order valence-electron chi connectivity index (χ2n) is 4.44. The molecule has 17 heavy (non-hydrogen) atoms. The largest absolute Gasteiger partial charge is 0.394 e. The summed E-state index contributed by atoms with van der Waals surface area (Å²) in [5.74, 6) is 4.65. The SMILES string of the molecule is CN(Cc1csc(C(=O)NN)n1)C(C)(C)CO. The summed E-state index contributed by atoms with van der Waals surface area (Å²) in [4.78, 5) is 17.4. The van der Waals surface area contributed by atoms with Crippen molar-refractivity contribution in [3.8, 4) is 0 Å². The minimum absolute atomic E-state index is 0.0593. The van der Waals surface area contributed by atoms with Gasteiger partial charge in [-0.2, -0.15) is 0 Å². The van der Waals surface area contributed by atoms with Crippen LogP contribution in [0.3, 0.4) is 0 Å². The van der Waals surface area contributed by atoms with E-state index in [0.717, 1.165) is 5.69 Å². The van der Waals surface area contributed by atoms with Crippen LogP contribution in [0.1, 0.15) is 29.3 Å². The quantitative estimate of drug-likeness (QED) is 0.391. The summed E-state index contributed by atoms with van der Waals surface area (Å²) in [6.07, 6.45) is 0. The molecule has 1 amide bonds. The summed E-state index contributed by atoms with van der Waals surface area (Å²) in [6, 6.07) is 0. The van der Waals surface area contributed by atoms with E-state index >= 15 is 0 Å². The molecule has 0 spiro atoms. The average Bonchev–Trinajstić information content (AvgIpc) is 2.76. The fourth-order valence-corrected chi connectivity index (χ4v) is 1.83. The molecule has 0 aliphatic rings. The van der Waals surface area contributed by atoms with Crippen LogP contribution in [0.4, 0.5) is 0 Å². The summed E-state index contributed by atoms with van der Waals surface area (Å²) in [5, 5.41) is 11.4. The normalized spacial score (nSPS) is 11.9. The Balaban J connectivity index is 2.70. The lowest BCUT2D eigenvalue weighted by Gasteiger charge is -2.33. The molecular formula is C10H18N4O2S. The van der Waals surface area contributed by atoms with E-state index in [1.54, 1.807) is 0 Å². The second kappa shape index (κ2) is 5.54. The van der Waals surface area contributed by atoms with Gasteiger partial charge in [0, 0.05) is 17.5 Å². The predicted octanol–water partition coefficient (Wildman–Crippen LogP) is -0.0507. The topological polar surface area (TPSA) is 91.5 Å². The molecule has 0 saturated carbocycles. The van der Waals surface area contributed by atoms with Crippen molar-refractivity contribution in [2.24, 2.45) is 5.84 Å². The molecule has 0 radical (unpaired) electrons. The van der Waals surface area contributed by atoms with Crippen LogP contribution < -0.4 is 11.3 Å². The Hall–Kier alpha value is -1.02. The van der Waals surface area contributed by atoms with E-state index in [2.05, 4.69) is 4.98 Å². The van der Waals surface area contributed by atoms with Crippen molar-refractivity contribution < 1.29 is 9.90 Å². The summed E-state index contributed by atoms with van der Waals surface area (Å²) in [7, 11) is 1.90.